The molecule has 3 aliphatic heterocycles. The van der Waals surface area contributed by atoms with E-state index in [1.165, 1.54) is 0 Å². The van der Waals surface area contributed by atoms with Gasteiger partial charge in [-0.2, -0.15) is 0 Å². The van der Waals surface area contributed by atoms with E-state index in [1.54, 1.807) is 18.2 Å². The number of rotatable bonds is 4. The highest BCUT2D eigenvalue weighted by atomic mass is 16.7. The van der Waals surface area contributed by atoms with Gasteiger partial charge in [-0.15, -0.1) is 0 Å². The number of fused-ring (bicyclic) bond motifs is 2. The van der Waals surface area contributed by atoms with E-state index in [0.717, 1.165) is 5.56 Å². The van der Waals surface area contributed by atoms with Gasteiger partial charge in [0.25, 0.3) is 0 Å². The maximum Gasteiger partial charge on any atom is 0.334 e. The predicted octanol–water partition coefficient (Wildman–Crippen LogP) is 2.27. The third-order valence-corrected chi connectivity index (χ3v) is 4.85. The van der Waals surface area contributed by atoms with Crippen LogP contribution in [0.1, 0.15) is 17.2 Å². The van der Waals surface area contributed by atoms with Gasteiger partial charge >= 0.3 is 5.97 Å². The topological polar surface area (TPSA) is 83.5 Å². The molecule has 1 N–H and O–H groups in total. The van der Waals surface area contributed by atoms with Crippen LogP contribution in [0.5, 0.6) is 23.0 Å². The molecule has 7 heteroatoms. The van der Waals surface area contributed by atoms with Crippen molar-refractivity contribution < 1.29 is 33.6 Å². The van der Waals surface area contributed by atoms with E-state index < -0.39 is 12.1 Å². The van der Waals surface area contributed by atoms with Crippen molar-refractivity contribution in [3.63, 3.8) is 0 Å². The molecule has 27 heavy (non-hydrogen) atoms. The van der Waals surface area contributed by atoms with Crippen LogP contribution in [-0.4, -0.2) is 31.3 Å². The predicted molar refractivity (Wildman–Crippen MR) is 91.8 cm³/mol. The summed E-state index contributed by atoms with van der Waals surface area (Å²) in [5.41, 5.74) is 2.51. The zero-order valence-corrected chi connectivity index (χ0v) is 14.3. The highest BCUT2D eigenvalue weighted by Gasteiger charge is 2.31. The maximum absolute atomic E-state index is 12.3. The maximum atomic E-state index is 12.3. The fraction of sp³-hybridized carbons (Fsp3) is 0.250. The summed E-state index contributed by atoms with van der Waals surface area (Å²) in [6.45, 7) is 0.417. The lowest BCUT2D eigenvalue weighted by Crippen LogP contribution is -2.07. The average molecular weight is 368 g/mol. The number of ether oxygens (including phenoxy) is 5. The molecule has 0 amide bonds. The van der Waals surface area contributed by atoms with Gasteiger partial charge in [0.15, 0.2) is 23.0 Å². The van der Waals surface area contributed by atoms with Crippen LogP contribution in [0, 0.1) is 0 Å². The lowest BCUT2D eigenvalue weighted by Gasteiger charge is -2.13. The van der Waals surface area contributed by atoms with E-state index in [9.17, 15) is 9.90 Å². The Hall–Kier alpha value is -3.19. The number of aliphatic hydroxyl groups excluding tert-OH is 1. The number of hydrogen-bond donors (Lipinski definition) is 1. The monoisotopic (exact) mass is 368 g/mol. The van der Waals surface area contributed by atoms with Gasteiger partial charge in [-0.1, -0.05) is 12.1 Å². The molecule has 1 atom stereocenters. The molecular formula is C20H16O7. The minimum atomic E-state index is -0.963. The first-order valence-corrected chi connectivity index (χ1v) is 8.54. The second-order valence-electron chi connectivity index (χ2n) is 6.46. The van der Waals surface area contributed by atoms with Crippen molar-refractivity contribution in [2.45, 2.75) is 12.5 Å². The molecule has 0 spiro atoms. The lowest BCUT2D eigenvalue weighted by molar-refractivity contribution is -0.136. The summed E-state index contributed by atoms with van der Waals surface area (Å²) in [6.07, 6.45) is -0.623. The Labute approximate surface area is 154 Å². The first-order valence-electron chi connectivity index (χ1n) is 8.54. The van der Waals surface area contributed by atoms with Crippen molar-refractivity contribution in [3.05, 3.63) is 58.7 Å². The Balaban J connectivity index is 1.45. The number of carbonyl (C=O) groups is 1. The summed E-state index contributed by atoms with van der Waals surface area (Å²) in [5.74, 6) is 2.14. The molecule has 3 aliphatic rings. The number of hydrogen-bond acceptors (Lipinski definition) is 7. The summed E-state index contributed by atoms with van der Waals surface area (Å²) in [6, 6.07) is 10.7. The highest BCUT2D eigenvalue weighted by Crippen LogP contribution is 2.38. The Kier molecular flexibility index (Phi) is 3.68. The Morgan fingerprint density at radius 3 is 2.30 bits per heavy atom. The minimum Gasteiger partial charge on any atom is -0.458 e. The van der Waals surface area contributed by atoms with E-state index >= 15 is 0 Å². The third kappa shape index (κ3) is 2.76. The normalized spacial score (nSPS) is 18.0. The van der Waals surface area contributed by atoms with Gasteiger partial charge in [0.2, 0.25) is 13.6 Å². The molecule has 0 unspecified atom stereocenters. The molecule has 0 aliphatic carbocycles. The zero-order valence-electron chi connectivity index (χ0n) is 14.3. The number of benzene rings is 2. The molecule has 0 saturated carbocycles. The van der Waals surface area contributed by atoms with Crippen LogP contribution >= 0.6 is 0 Å². The SMILES string of the molecule is O=C1OCC([C@H](O)c2ccc3c(c2)OCO3)=C1Cc1ccc2c(c1)OCO2. The first-order chi connectivity index (χ1) is 13.2. The summed E-state index contributed by atoms with van der Waals surface area (Å²) in [4.78, 5) is 12.3. The van der Waals surface area contributed by atoms with Gasteiger partial charge in [-0.3, -0.25) is 0 Å². The van der Waals surface area contributed by atoms with Crippen molar-refractivity contribution in [2.24, 2.45) is 0 Å². The molecule has 5 rings (SSSR count). The molecule has 0 bridgehead atoms. The molecule has 0 aromatic heterocycles. The van der Waals surface area contributed by atoms with E-state index in [0.29, 0.717) is 46.1 Å². The lowest BCUT2D eigenvalue weighted by atomic mass is 9.94. The fourth-order valence-electron chi connectivity index (χ4n) is 3.42. The minimum absolute atomic E-state index is 0.0638. The first kappa shape index (κ1) is 16.0. The molecule has 0 fully saturated rings. The van der Waals surface area contributed by atoms with Gasteiger partial charge in [0.05, 0.1) is 0 Å². The summed E-state index contributed by atoms with van der Waals surface area (Å²) < 4.78 is 26.6. The molecule has 2 aromatic rings. The van der Waals surface area contributed by atoms with Crippen LogP contribution in [0.3, 0.4) is 0 Å². The van der Waals surface area contributed by atoms with Crippen LogP contribution in [0.25, 0.3) is 0 Å². The molecule has 138 valence electrons. The van der Waals surface area contributed by atoms with E-state index in [-0.39, 0.29) is 20.2 Å². The number of esters is 1. The fourth-order valence-corrected chi connectivity index (χ4v) is 3.42. The van der Waals surface area contributed by atoms with Crippen LogP contribution in [0.2, 0.25) is 0 Å². The van der Waals surface area contributed by atoms with E-state index in [2.05, 4.69) is 0 Å². The molecule has 2 aromatic carbocycles. The largest absolute Gasteiger partial charge is 0.458 e. The Morgan fingerprint density at radius 1 is 0.852 bits per heavy atom. The summed E-state index contributed by atoms with van der Waals surface area (Å²) in [7, 11) is 0. The molecule has 0 radical (unpaired) electrons. The van der Waals surface area contributed by atoms with Crippen molar-refractivity contribution in [2.75, 3.05) is 20.2 Å². The van der Waals surface area contributed by atoms with Crippen molar-refractivity contribution in [3.8, 4) is 23.0 Å². The van der Waals surface area contributed by atoms with Crippen molar-refractivity contribution >= 4 is 5.97 Å². The van der Waals surface area contributed by atoms with Crippen LogP contribution < -0.4 is 18.9 Å². The zero-order chi connectivity index (χ0) is 18.4. The highest BCUT2D eigenvalue weighted by molar-refractivity contribution is 5.92. The van der Waals surface area contributed by atoms with Crippen molar-refractivity contribution in [1.82, 2.24) is 0 Å². The Morgan fingerprint density at radius 2 is 1.52 bits per heavy atom. The summed E-state index contributed by atoms with van der Waals surface area (Å²) >= 11 is 0. The van der Waals surface area contributed by atoms with Crippen LogP contribution in [0.4, 0.5) is 0 Å². The molecule has 0 saturated heterocycles. The number of aliphatic hydroxyl groups is 1. The molecule has 7 nitrogen and oxygen atoms in total. The van der Waals surface area contributed by atoms with Crippen molar-refractivity contribution in [1.29, 1.82) is 0 Å². The second kappa shape index (κ2) is 6.21. The van der Waals surface area contributed by atoms with Gasteiger partial charge in [-0.05, 0) is 35.4 Å². The standard InChI is InChI=1S/C20H16O7/c21-19(12-2-4-16-18(7-12)27-10-25-16)14-8-23-20(22)13(14)5-11-1-3-15-17(6-11)26-9-24-15/h1-4,6-7,19,21H,5,8-10H2/t19-/m1/s1. The van der Waals surface area contributed by atoms with E-state index in [1.807, 2.05) is 18.2 Å². The second-order valence-corrected chi connectivity index (χ2v) is 6.46. The Bertz CT molecular complexity index is 963. The molecule has 3 heterocycles. The van der Waals surface area contributed by atoms with E-state index in [4.69, 9.17) is 23.7 Å². The smallest absolute Gasteiger partial charge is 0.334 e. The number of carbonyl (C=O) groups excluding carboxylic acids is 1. The molecular weight excluding hydrogens is 352 g/mol. The average Bonchev–Trinajstić information content (AvgIpc) is 3.41. The van der Waals surface area contributed by atoms with Crippen LogP contribution in [-0.2, 0) is 16.0 Å². The van der Waals surface area contributed by atoms with Gasteiger partial charge in [0.1, 0.15) is 12.7 Å². The van der Waals surface area contributed by atoms with Gasteiger partial charge < -0.3 is 28.8 Å². The van der Waals surface area contributed by atoms with Gasteiger partial charge in [0, 0.05) is 17.6 Å². The quantitative estimate of drug-likeness (QED) is 0.829. The van der Waals surface area contributed by atoms with Crippen LogP contribution in [0.15, 0.2) is 47.5 Å². The number of cyclic esters (lactones) is 1. The van der Waals surface area contributed by atoms with Gasteiger partial charge in [-0.25, -0.2) is 4.79 Å². The third-order valence-electron chi connectivity index (χ3n) is 4.85. The summed E-state index contributed by atoms with van der Waals surface area (Å²) in [5, 5.41) is 10.8.